The first-order valence-electron chi connectivity index (χ1n) is 6.47. The molecule has 0 aliphatic heterocycles. The van der Waals surface area contributed by atoms with Crippen LogP contribution in [0.25, 0.3) is 0 Å². The zero-order valence-electron chi connectivity index (χ0n) is 12.2. The van der Waals surface area contributed by atoms with Crippen molar-refractivity contribution < 1.29 is 22.8 Å². The molecule has 0 aliphatic carbocycles. The number of halogens is 1. The van der Waals surface area contributed by atoms with E-state index in [0.717, 1.165) is 31.7 Å². The molecular formula is C12H25ClO5Si. The first-order valence-corrected chi connectivity index (χ1v) is 8.84. The maximum Gasteiger partial charge on any atom is 0.500 e. The molecule has 0 aromatic heterocycles. The van der Waals surface area contributed by atoms with Gasteiger partial charge < -0.3 is 18.0 Å². The molecule has 1 atom stereocenters. The Morgan fingerprint density at radius 1 is 1.05 bits per heavy atom. The number of carbonyl (C=O) groups is 1. The van der Waals surface area contributed by atoms with Crippen LogP contribution >= 0.6 is 11.6 Å². The van der Waals surface area contributed by atoms with E-state index in [0.29, 0.717) is 6.61 Å². The van der Waals surface area contributed by atoms with E-state index in [-0.39, 0.29) is 5.97 Å². The van der Waals surface area contributed by atoms with Crippen molar-refractivity contribution in [2.24, 2.45) is 0 Å². The van der Waals surface area contributed by atoms with Gasteiger partial charge in [-0.15, -0.1) is 11.6 Å². The number of alkyl halides is 1. The van der Waals surface area contributed by atoms with Gasteiger partial charge in [-0.25, -0.2) is 0 Å². The lowest BCUT2D eigenvalue weighted by Gasteiger charge is -2.24. The summed E-state index contributed by atoms with van der Waals surface area (Å²) in [6.45, 7) is 2.03. The summed E-state index contributed by atoms with van der Waals surface area (Å²) in [5, 5.41) is -0.572. The van der Waals surface area contributed by atoms with Crippen LogP contribution in [0.1, 0.15) is 32.6 Å². The molecule has 0 aromatic rings. The number of rotatable bonds is 11. The van der Waals surface area contributed by atoms with Gasteiger partial charge in [0.2, 0.25) is 0 Å². The van der Waals surface area contributed by atoms with Crippen molar-refractivity contribution in [3.8, 4) is 0 Å². The fourth-order valence-corrected chi connectivity index (χ4v) is 3.50. The third-order valence-corrected chi connectivity index (χ3v) is 5.89. The van der Waals surface area contributed by atoms with E-state index in [2.05, 4.69) is 0 Å². The Bertz CT molecular complexity index is 238. The average Bonchev–Trinajstić information content (AvgIpc) is 2.42. The minimum atomic E-state index is -2.42. The van der Waals surface area contributed by atoms with Gasteiger partial charge in [-0.2, -0.15) is 0 Å². The van der Waals surface area contributed by atoms with Crippen molar-refractivity contribution in [2.75, 3.05) is 27.9 Å². The number of esters is 1. The highest BCUT2D eigenvalue weighted by molar-refractivity contribution is 6.60. The maximum absolute atomic E-state index is 11.1. The molecule has 0 radical (unpaired) electrons. The highest BCUT2D eigenvalue weighted by Crippen LogP contribution is 2.17. The van der Waals surface area contributed by atoms with E-state index in [9.17, 15) is 4.79 Å². The Morgan fingerprint density at radius 2 is 1.58 bits per heavy atom. The molecule has 0 amide bonds. The zero-order chi connectivity index (χ0) is 14.7. The van der Waals surface area contributed by atoms with E-state index >= 15 is 0 Å². The molecule has 0 saturated heterocycles. The molecule has 7 heteroatoms. The van der Waals surface area contributed by atoms with E-state index in [1.807, 2.05) is 0 Å². The molecule has 0 spiro atoms. The van der Waals surface area contributed by atoms with Gasteiger partial charge in [0.1, 0.15) is 5.38 Å². The van der Waals surface area contributed by atoms with Gasteiger partial charge in [0.05, 0.1) is 6.61 Å². The minimum absolute atomic E-state index is 0.355. The van der Waals surface area contributed by atoms with Gasteiger partial charge in [-0.1, -0.05) is 12.8 Å². The first kappa shape index (κ1) is 18.9. The van der Waals surface area contributed by atoms with E-state index in [1.165, 1.54) is 0 Å². The van der Waals surface area contributed by atoms with Crippen LogP contribution in [0, 0.1) is 0 Å². The second kappa shape index (κ2) is 10.6. The van der Waals surface area contributed by atoms with Crippen LogP contribution in [0.3, 0.4) is 0 Å². The molecule has 5 nitrogen and oxygen atoms in total. The Kier molecular flexibility index (Phi) is 10.5. The second-order valence-corrected chi connectivity index (χ2v) is 7.99. The number of carbonyl (C=O) groups excluding carboxylic acids is 1. The number of ether oxygens (including phenoxy) is 1. The van der Waals surface area contributed by atoms with Gasteiger partial charge in [0.15, 0.2) is 0 Å². The molecular weight excluding hydrogens is 288 g/mol. The summed E-state index contributed by atoms with van der Waals surface area (Å²) in [6.07, 6.45) is 3.84. The largest absolute Gasteiger partial charge is 0.500 e. The molecule has 0 aromatic carbocycles. The van der Waals surface area contributed by atoms with Crippen LogP contribution in [-0.2, 0) is 22.8 Å². The molecule has 0 N–H and O–H groups in total. The molecule has 1 unspecified atom stereocenters. The molecule has 0 fully saturated rings. The summed E-state index contributed by atoms with van der Waals surface area (Å²) in [6, 6.07) is 0.801. The summed E-state index contributed by atoms with van der Waals surface area (Å²) in [5.41, 5.74) is 0. The van der Waals surface area contributed by atoms with Crippen molar-refractivity contribution in [2.45, 2.75) is 44.0 Å². The highest BCUT2D eigenvalue weighted by atomic mass is 35.5. The summed E-state index contributed by atoms with van der Waals surface area (Å²) in [4.78, 5) is 11.1. The molecule has 114 valence electrons. The van der Waals surface area contributed by atoms with Crippen LogP contribution in [0.4, 0.5) is 0 Å². The standard InChI is InChI=1S/C12H25ClO5Si/c1-11(13)12(14)18-9-7-5-6-8-10-19(15-2,16-3)17-4/h11H,5-10H2,1-4H3. The molecule has 0 rings (SSSR count). The van der Waals surface area contributed by atoms with Crippen LogP contribution in [-0.4, -0.2) is 48.1 Å². The summed E-state index contributed by atoms with van der Waals surface area (Å²) >= 11 is 5.58. The fraction of sp³-hybridized carbons (Fsp3) is 0.917. The third-order valence-electron chi connectivity index (χ3n) is 2.88. The van der Waals surface area contributed by atoms with Gasteiger partial charge >= 0.3 is 14.8 Å². The van der Waals surface area contributed by atoms with Crippen LogP contribution in [0.2, 0.25) is 6.04 Å². The van der Waals surface area contributed by atoms with Crippen LogP contribution < -0.4 is 0 Å². The predicted molar refractivity (Wildman–Crippen MR) is 76.3 cm³/mol. The number of hydrogen-bond acceptors (Lipinski definition) is 5. The molecule has 19 heavy (non-hydrogen) atoms. The van der Waals surface area contributed by atoms with Crippen molar-refractivity contribution in [1.82, 2.24) is 0 Å². The molecule has 0 saturated carbocycles. The van der Waals surface area contributed by atoms with Crippen molar-refractivity contribution in [3.05, 3.63) is 0 Å². The molecule has 0 heterocycles. The predicted octanol–water partition coefficient (Wildman–Crippen LogP) is 2.60. The lowest BCUT2D eigenvalue weighted by atomic mass is 10.2. The Labute approximate surface area is 121 Å². The summed E-state index contributed by atoms with van der Waals surface area (Å²) in [5.74, 6) is -0.355. The van der Waals surface area contributed by atoms with Gasteiger partial charge in [-0.05, 0) is 19.8 Å². The van der Waals surface area contributed by atoms with E-state index < -0.39 is 14.2 Å². The first-order chi connectivity index (χ1) is 9.01. The van der Waals surface area contributed by atoms with E-state index in [4.69, 9.17) is 29.6 Å². The lowest BCUT2D eigenvalue weighted by molar-refractivity contribution is -0.142. The quantitative estimate of drug-likeness (QED) is 0.254. The normalized spacial score (nSPS) is 13.3. The Balaban J connectivity index is 3.57. The SMILES string of the molecule is CO[Si](CCCCCCOC(=O)C(C)Cl)(OC)OC. The topological polar surface area (TPSA) is 54.0 Å². The van der Waals surface area contributed by atoms with Gasteiger partial charge in [-0.3, -0.25) is 4.79 Å². The van der Waals surface area contributed by atoms with Crippen molar-refractivity contribution >= 4 is 26.4 Å². The highest BCUT2D eigenvalue weighted by Gasteiger charge is 2.36. The molecule has 0 bridgehead atoms. The zero-order valence-corrected chi connectivity index (χ0v) is 14.0. The van der Waals surface area contributed by atoms with Gasteiger partial charge in [0.25, 0.3) is 0 Å². The molecule has 0 aliphatic rings. The summed E-state index contributed by atoms with van der Waals surface area (Å²) < 4.78 is 21.0. The number of hydrogen-bond donors (Lipinski definition) is 0. The van der Waals surface area contributed by atoms with Crippen molar-refractivity contribution in [1.29, 1.82) is 0 Å². The van der Waals surface area contributed by atoms with E-state index in [1.54, 1.807) is 28.3 Å². The third kappa shape index (κ3) is 7.89. The Morgan fingerprint density at radius 3 is 2.05 bits per heavy atom. The lowest BCUT2D eigenvalue weighted by Crippen LogP contribution is -2.42. The minimum Gasteiger partial charge on any atom is -0.465 e. The smallest absolute Gasteiger partial charge is 0.465 e. The average molecular weight is 313 g/mol. The Hall–Kier alpha value is -0.143. The van der Waals surface area contributed by atoms with Gasteiger partial charge in [0, 0.05) is 27.4 Å². The second-order valence-electron chi connectivity index (χ2n) is 4.24. The van der Waals surface area contributed by atoms with Crippen LogP contribution in [0.5, 0.6) is 0 Å². The van der Waals surface area contributed by atoms with Crippen molar-refractivity contribution in [3.63, 3.8) is 0 Å². The monoisotopic (exact) mass is 312 g/mol. The maximum atomic E-state index is 11.1. The number of unbranched alkanes of at least 4 members (excludes halogenated alkanes) is 3. The van der Waals surface area contributed by atoms with Crippen LogP contribution in [0.15, 0.2) is 0 Å². The fourth-order valence-electron chi connectivity index (χ4n) is 1.64. The summed E-state index contributed by atoms with van der Waals surface area (Å²) in [7, 11) is 2.43.